The Labute approximate surface area is 141 Å². The van der Waals surface area contributed by atoms with Crippen molar-refractivity contribution in [2.45, 2.75) is 39.0 Å². The third kappa shape index (κ3) is 4.88. The maximum absolute atomic E-state index is 13.9. The number of ether oxygens (including phenoxy) is 1. The van der Waals surface area contributed by atoms with Crippen LogP contribution in [0.3, 0.4) is 0 Å². The van der Waals surface area contributed by atoms with Gasteiger partial charge in [0.05, 0.1) is 17.9 Å². The highest BCUT2D eigenvalue weighted by Crippen LogP contribution is 2.22. The summed E-state index contributed by atoms with van der Waals surface area (Å²) in [5, 5.41) is 4.28. The van der Waals surface area contributed by atoms with Crippen LogP contribution < -0.4 is 0 Å². The second kappa shape index (κ2) is 8.57. The first-order chi connectivity index (χ1) is 11.5. The lowest BCUT2D eigenvalue weighted by atomic mass is 10.2. The van der Waals surface area contributed by atoms with Gasteiger partial charge >= 0.3 is 0 Å². The number of benzene rings is 1. The van der Waals surface area contributed by atoms with E-state index in [0.717, 1.165) is 25.3 Å². The Morgan fingerprint density at radius 3 is 2.79 bits per heavy atom. The number of aryl methyl sites for hydroxylation is 2. The van der Waals surface area contributed by atoms with Crippen LogP contribution in [-0.2, 0) is 18.2 Å². The molecule has 4 nitrogen and oxygen atoms in total. The van der Waals surface area contributed by atoms with E-state index in [9.17, 15) is 8.78 Å². The Hall–Kier alpha value is -2.24. The zero-order chi connectivity index (χ0) is 17.5. The Morgan fingerprint density at radius 2 is 2.08 bits per heavy atom. The normalized spacial score (nSPS) is 10.8. The molecule has 130 valence electrons. The smallest absolute Gasteiger partial charge is 0.161 e. The minimum absolute atomic E-state index is 0.229. The second-order valence-corrected chi connectivity index (χ2v) is 5.69. The predicted octanol–water partition coefficient (Wildman–Crippen LogP) is 4.41. The third-order valence-corrected chi connectivity index (χ3v) is 3.66. The lowest BCUT2D eigenvalue weighted by Crippen LogP contribution is -1.98. The first-order valence-corrected chi connectivity index (χ1v) is 8.17. The minimum atomic E-state index is -0.652. The number of aromatic nitrogens is 3. The molecule has 0 bridgehead atoms. The van der Waals surface area contributed by atoms with Crippen molar-refractivity contribution in [1.29, 1.82) is 0 Å². The number of halogens is 2. The molecule has 2 aromatic rings. The number of rotatable bonds is 9. The Morgan fingerprint density at radius 1 is 1.29 bits per heavy atom. The fourth-order valence-corrected chi connectivity index (χ4v) is 2.34. The van der Waals surface area contributed by atoms with Gasteiger partial charge in [-0.3, -0.25) is 0 Å². The highest BCUT2D eigenvalue weighted by atomic mass is 19.1. The zero-order valence-corrected chi connectivity index (χ0v) is 14.2. The van der Waals surface area contributed by atoms with Crippen molar-refractivity contribution in [2.75, 3.05) is 6.61 Å². The molecule has 0 radical (unpaired) electrons. The maximum Gasteiger partial charge on any atom is 0.161 e. The largest absolute Gasteiger partial charge is 0.499 e. The minimum Gasteiger partial charge on any atom is -0.499 e. The van der Waals surface area contributed by atoms with Crippen LogP contribution in [0.15, 0.2) is 30.5 Å². The van der Waals surface area contributed by atoms with E-state index in [2.05, 4.69) is 23.6 Å². The molecule has 6 heteroatoms. The quantitative estimate of drug-likeness (QED) is 0.503. The summed E-state index contributed by atoms with van der Waals surface area (Å²) in [6.07, 6.45) is 4.48. The van der Waals surface area contributed by atoms with E-state index >= 15 is 0 Å². The van der Waals surface area contributed by atoms with Gasteiger partial charge in [0.15, 0.2) is 11.6 Å². The molecule has 0 aliphatic carbocycles. The number of nitrogens with zero attached hydrogens (tertiary/aromatic N) is 3. The number of unbranched alkanes of at least 4 members (excludes halogenated alkanes) is 2. The molecule has 0 unspecified atom stereocenters. The van der Waals surface area contributed by atoms with Gasteiger partial charge < -0.3 is 4.74 Å². The van der Waals surface area contributed by atoms with Crippen LogP contribution in [0.4, 0.5) is 8.78 Å². The molecule has 0 aliphatic heterocycles. The van der Waals surface area contributed by atoms with E-state index in [-0.39, 0.29) is 5.56 Å². The molecular formula is C18H23F2N3O. The molecular weight excluding hydrogens is 312 g/mol. The first-order valence-electron chi connectivity index (χ1n) is 8.17. The van der Waals surface area contributed by atoms with Gasteiger partial charge in [-0.2, -0.15) is 5.10 Å². The highest BCUT2D eigenvalue weighted by molar-refractivity contribution is 5.56. The molecule has 24 heavy (non-hydrogen) atoms. The monoisotopic (exact) mass is 335 g/mol. The van der Waals surface area contributed by atoms with Gasteiger partial charge in [-0.1, -0.05) is 26.3 Å². The van der Waals surface area contributed by atoms with Gasteiger partial charge in [0.1, 0.15) is 11.6 Å². The van der Waals surface area contributed by atoms with Gasteiger partial charge in [-0.25, -0.2) is 18.4 Å². The van der Waals surface area contributed by atoms with Crippen LogP contribution in [0.5, 0.6) is 0 Å². The topological polar surface area (TPSA) is 39.9 Å². The molecule has 1 aromatic carbocycles. The van der Waals surface area contributed by atoms with Gasteiger partial charge in [-0.05, 0) is 18.6 Å². The number of hydrogen-bond acceptors (Lipinski definition) is 3. The summed E-state index contributed by atoms with van der Waals surface area (Å²) in [6.45, 7) is 6.71. The summed E-state index contributed by atoms with van der Waals surface area (Å²) in [5.74, 6) is 0.385. The highest BCUT2D eigenvalue weighted by Gasteiger charge is 2.14. The molecule has 0 N–H and O–H groups in total. The number of allylic oxidation sites excluding steroid dienone is 1. The van der Waals surface area contributed by atoms with Gasteiger partial charge in [-0.15, -0.1) is 0 Å². The molecule has 1 heterocycles. The Kier molecular flexibility index (Phi) is 6.46. The summed E-state index contributed by atoms with van der Waals surface area (Å²) in [6, 6.07) is 3.42. The van der Waals surface area contributed by atoms with E-state index < -0.39 is 11.6 Å². The van der Waals surface area contributed by atoms with Crippen molar-refractivity contribution in [2.24, 2.45) is 7.05 Å². The lowest BCUT2D eigenvalue weighted by Gasteiger charge is -2.07. The molecule has 0 aliphatic rings. The standard InChI is InChI=1S/C18H23F2N3O/c1-4-5-6-11-24-13(2)7-10-17-21-18(23(3)22-17)15-9-8-14(19)12-16(15)20/h8-9,12H,2,4-7,10-11H2,1,3H3. The predicted molar refractivity (Wildman–Crippen MR) is 89.3 cm³/mol. The van der Waals surface area contributed by atoms with Crippen LogP contribution >= 0.6 is 0 Å². The van der Waals surface area contributed by atoms with E-state index in [0.29, 0.717) is 36.9 Å². The van der Waals surface area contributed by atoms with Crippen LogP contribution in [-0.4, -0.2) is 21.4 Å². The molecule has 0 spiro atoms. The summed E-state index contributed by atoms with van der Waals surface area (Å²) < 4.78 is 34.0. The van der Waals surface area contributed by atoms with Crippen LogP contribution in [0, 0.1) is 11.6 Å². The average Bonchev–Trinajstić information content (AvgIpc) is 2.90. The van der Waals surface area contributed by atoms with Crippen molar-refractivity contribution in [3.63, 3.8) is 0 Å². The van der Waals surface area contributed by atoms with E-state index in [1.54, 1.807) is 7.05 Å². The molecule has 0 amide bonds. The second-order valence-electron chi connectivity index (χ2n) is 5.69. The third-order valence-electron chi connectivity index (χ3n) is 3.66. The molecule has 2 rings (SSSR count). The van der Waals surface area contributed by atoms with Crippen molar-refractivity contribution < 1.29 is 13.5 Å². The van der Waals surface area contributed by atoms with Gasteiger partial charge in [0.2, 0.25) is 0 Å². The molecule has 0 fully saturated rings. The van der Waals surface area contributed by atoms with Crippen molar-refractivity contribution in [1.82, 2.24) is 14.8 Å². The SMILES string of the molecule is C=C(CCc1nc(-c2ccc(F)cc2F)n(C)n1)OCCCCC. The summed E-state index contributed by atoms with van der Waals surface area (Å²) in [5.41, 5.74) is 0.229. The van der Waals surface area contributed by atoms with Crippen LogP contribution in [0.2, 0.25) is 0 Å². The Balaban J connectivity index is 1.95. The van der Waals surface area contributed by atoms with Gasteiger partial charge in [0.25, 0.3) is 0 Å². The van der Waals surface area contributed by atoms with Crippen LogP contribution in [0.1, 0.15) is 38.4 Å². The summed E-state index contributed by atoms with van der Waals surface area (Å²) in [4.78, 5) is 4.34. The maximum atomic E-state index is 13.9. The first kappa shape index (κ1) is 18.1. The zero-order valence-electron chi connectivity index (χ0n) is 14.2. The molecule has 0 atom stereocenters. The van der Waals surface area contributed by atoms with E-state index in [1.165, 1.54) is 16.8 Å². The van der Waals surface area contributed by atoms with E-state index in [4.69, 9.17) is 4.74 Å². The lowest BCUT2D eigenvalue weighted by molar-refractivity contribution is 0.197. The van der Waals surface area contributed by atoms with Gasteiger partial charge in [0, 0.05) is 26.0 Å². The average molecular weight is 335 g/mol. The van der Waals surface area contributed by atoms with Crippen molar-refractivity contribution in [3.8, 4) is 11.4 Å². The Bertz CT molecular complexity index is 698. The molecule has 0 saturated carbocycles. The fraction of sp³-hybridized carbons (Fsp3) is 0.444. The van der Waals surface area contributed by atoms with Crippen molar-refractivity contribution >= 4 is 0 Å². The van der Waals surface area contributed by atoms with Crippen LogP contribution in [0.25, 0.3) is 11.4 Å². The summed E-state index contributed by atoms with van der Waals surface area (Å²) in [7, 11) is 1.69. The van der Waals surface area contributed by atoms with Crippen molar-refractivity contribution in [3.05, 3.63) is 48.0 Å². The fourth-order valence-electron chi connectivity index (χ4n) is 2.34. The molecule has 0 saturated heterocycles. The number of hydrogen-bond donors (Lipinski definition) is 0. The molecule has 1 aromatic heterocycles. The van der Waals surface area contributed by atoms with E-state index in [1.807, 2.05) is 0 Å². The summed E-state index contributed by atoms with van der Waals surface area (Å²) >= 11 is 0.